The van der Waals surface area contributed by atoms with Crippen LogP contribution in [-0.2, 0) is 5.41 Å². The summed E-state index contributed by atoms with van der Waals surface area (Å²) in [7, 11) is 0. The second-order valence-corrected chi connectivity index (χ2v) is 16.4. The average Bonchev–Trinajstić information content (AvgIpc) is 3.73. The SMILES string of the molecule is CC1(C)c2ccccc2-c2c(-c3ccc(N(c4cccc(-c5ccccc5)c4)c4ccc5c(c4)sc4ccccc45)c4ccccc34)cc3ccccc3c21. The number of anilines is 3. The largest absolute Gasteiger partial charge is 0.310 e. The summed E-state index contributed by atoms with van der Waals surface area (Å²) in [5.41, 5.74) is 13.8. The van der Waals surface area contributed by atoms with E-state index >= 15 is 0 Å². The highest BCUT2D eigenvalue weighted by atomic mass is 32.1. The maximum Gasteiger partial charge on any atom is 0.0540 e. The van der Waals surface area contributed by atoms with Gasteiger partial charge in [-0.1, -0.05) is 159 Å². The molecule has 0 saturated heterocycles. The first-order valence-corrected chi connectivity index (χ1v) is 19.9. The van der Waals surface area contributed by atoms with E-state index in [1.165, 1.54) is 86.2 Å². The van der Waals surface area contributed by atoms with E-state index in [1.54, 1.807) is 0 Å². The van der Waals surface area contributed by atoms with Crippen LogP contribution in [0.3, 0.4) is 0 Å². The van der Waals surface area contributed by atoms with Crippen molar-refractivity contribution < 1.29 is 0 Å². The van der Waals surface area contributed by atoms with E-state index < -0.39 is 0 Å². The molecule has 11 rings (SSSR count). The Labute approximate surface area is 325 Å². The minimum absolute atomic E-state index is 0.122. The van der Waals surface area contributed by atoms with Crippen molar-refractivity contribution in [3.63, 3.8) is 0 Å². The number of hydrogen-bond donors (Lipinski definition) is 0. The predicted octanol–water partition coefficient (Wildman–Crippen LogP) is 15.5. The molecule has 9 aromatic carbocycles. The first kappa shape index (κ1) is 32.0. The van der Waals surface area contributed by atoms with Crippen LogP contribution in [0.2, 0.25) is 0 Å². The van der Waals surface area contributed by atoms with Gasteiger partial charge in [-0.2, -0.15) is 0 Å². The highest BCUT2D eigenvalue weighted by Gasteiger charge is 2.38. The molecule has 2 heteroatoms. The first-order valence-electron chi connectivity index (χ1n) is 19.1. The van der Waals surface area contributed by atoms with Gasteiger partial charge in [0.1, 0.15) is 0 Å². The molecule has 0 saturated carbocycles. The molecule has 0 atom stereocenters. The maximum absolute atomic E-state index is 2.46. The molecule has 1 heterocycles. The zero-order valence-corrected chi connectivity index (χ0v) is 31.6. The fraction of sp³-hybridized carbons (Fsp3) is 0.0566. The third-order valence-electron chi connectivity index (χ3n) is 11.8. The van der Waals surface area contributed by atoms with E-state index in [9.17, 15) is 0 Å². The van der Waals surface area contributed by atoms with E-state index in [0.29, 0.717) is 0 Å². The first-order chi connectivity index (χ1) is 27.0. The molecular formula is C53H37NS. The summed E-state index contributed by atoms with van der Waals surface area (Å²) < 4.78 is 2.60. The van der Waals surface area contributed by atoms with E-state index in [4.69, 9.17) is 0 Å². The summed E-state index contributed by atoms with van der Waals surface area (Å²) in [5, 5.41) is 7.69. The Hall–Kier alpha value is -6.48. The Morgan fingerprint density at radius 3 is 1.96 bits per heavy atom. The molecule has 0 spiro atoms. The van der Waals surface area contributed by atoms with Crippen molar-refractivity contribution in [3.05, 3.63) is 199 Å². The Morgan fingerprint density at radius 1 is 0.418 bits per heavy atom. The lowest BCUT2D eigenvalue weighted by molar-refractivity contribution is 0.666. The van der Waals surface area contributed by atoms with Crippen molar-refractivity contribution in [3.8, 4) is 33.4 Å². The third kappa shape index (κ3) is 4.92. The lowest BCUT2D eigenvalue weighted by Gasteiger charge is -2.28. The topological polar surface area (TPSA) is 3.24 Å². The van der Waals surface area contributed by atoms with Gasteiger partial charge in [0, 0.05) is 42.3 Å². The van der Waals surface area contributed by atoms with Crippen LogP contribution in [0.15, 0.2) is 188 Å². The van der Waals surface area contributed by atoms with Crippen LogP contribution in [0, 0.1) is 0 Å². The minimum atomic E-state index is -0.122. The van der Waals surface area contributed by atoms with E-state index in [-0.39, 0.29) is 5.41 Å². The van der Waals surface area contributed by atoms with E-state index in [2.05, 4.69) is 207 Å². The number of nitrogens with zero attached hydrogens (tertiary/aromatic N) is 1. The molecule has 10 aromatic rings. The number of thiophene rings is 1. The van der Waals surface area contributed by atoms with Crippen LogP contribution in [0.5, 0.6) is 0 Å². The molecule has 1 nitrogen and oxygen atoms in total. The van der Waals surface area contributed by atoms with Crippen molar-refractivity contribution in [2.24, 2.45) is 0 Å². The molecule has 0 unspecified atom stereocenters. The molecular weight excluding hydrogens is 683 g/mol. The number of fused-ring (bicyclic) bond motifs is 9. The van der Waals surface area contributed by atoms with Crippen LogP contribution in [0.4, 0.5) is 17.1 Å². The fourth-order valence-electron chi connectivity index (χ4n) is 9.32. The Bertz CT molecular complexity index is 3130. The van der Waals surface area contributed by atoms with Gasteiger partial charge >= 0.3 is 0 Å². The van der Waals surface area contributed by atoms with Gasteiger partial charge in [0.2, 0.25) is 0 Å². The molecule has 1 aliphatic carbocycles. The fourth-order valence-corrected chi connectivity index (χ4v) is 10.5. The van der Waals surface area contributed by atoms with Crippen molar-refractivity contribution in [2.75, 3.05) is 4.90 Å². The lowest BCUT2D eigenvalue weighted by Crippen LogP contribution is -2.15. The molecule has 0 bridgehead atoms. The molecule has 0 radical (unpaired) electrons. The average molecular weight is 720 g/mol. The van der Waals surface area contributed by atoms with Crippen molar-refractivity contribution in [2.45, 2.75) is 19.3 Å². The monoisotopic (exact) mass is 719 g/mol. The molecule has 0 amide bonds. The minimum Gasteiger partial charge on any atom is -0.310 e. The smallest absolute Gasteiger partial charge is 0.0540 e. The Balaban J connectivity index is 1.17. The molecule has 0 aliphatic heterocycles. The summed E-state index contributed by atoms with van der Waals surface area (Å²) in [5.74, 6) is 0. The zero-order chi connectivity index (χ0) is 36.7. The normalized spacial score (nSPS) is 13.1. The summed E-state index contributed by atoms with van der Waals surface area (Å²) in [6.07, 6.45) is 0. The highest BCUT2D eigenvalue weighted by Crippen LogP contribution is 2.56. The third-order valence-corrected chi connectivity index (χ3v) is 12.9. The van der Waals surface area contributed by atoms with Gasteiger partial charge in [-0.15, -0.1) is 11.3 Å². The summed E-state index contributed by atoms with van der Waals surface area (Å²) >= 11 is 1.87. The zero-order valence-electron chi connectivity index (χ0n) is 30.8. The second kappa shape index (κ2) is 12.3. The molecule has 55 heavy (non-hydrogen) atoms. The van der Waals surface area contributed by atoms with Crippen LogP contribution >= 0.6 is 11.3 Å². The van der Waals surface area contributed by atoms with E-state index in [1.807, 2.05) is 11.3 Å². The predicted molar refractivity (Wildman–Crippen MR) is 237 cm³/mol. The van der Waals surface area contributed by atoms with Crippen molar-refractivity contribution in [1.82, 2.24) is 0 Å². The Kier molecular flexibility index (Phi) is 7.14. The summed E-state index contributed by atoms with van der Waals surface area (Å²) in [6, 6.07) is 69.6. The van der Waals surface area contributed by atoms with Gasteiger partial charge in [0.25, 0.3) is 0 Å². The van der Waals surface area contributed by atoms with Crippen LogP contribution in [-0.4, -0.2) is 0 Å². The van der Waals surface area contributed by atoms with Crippen molar-refractivity contribution >= 4 is 70.1 Å². The molecule has 0 N–H and O–H groups in total. The van der Waals surface area contributed by atoms with Gasteiger partial charge in [-0.25, -0.2) is 0 Å². The lowest BCUT2D eigenvalue weighted by atomic mass is 9.79. The quantitative estimate of drug-likeness (QED) is 0.171. The van der Waals surface area contributed by atoms with Gasteiger partial charge < -0.3 is 4.90 Å². The van der Waals surface area contributed by atoms with Crippen LogP contribution in [0.25, 0.3) is 75.1 Å². The summed E-state index contributed by atoms with van der Waals surface area (Å²) in [4.78, 5) is 2.46. The number of rotatable bonds is 5. The van der Waals surface area contributed by atoms with Crippen molar-refractivity contribution in [1.29, 1.82) is 0 Å². The van der Waals surface area contributed by atoms with Crippen LogP contribution < -0.4 is 4.90 Å². The maximum atomic E-state index is 2.46. The van der Waals surface area contributed by atoms with Gasteiger partial charge in [-0.05, 0) is 103 Å². The molecule has 1 aromatic heterocycles. The number of benzene rings is 9. The molecule has 0 fully saturated rings. The van der Waals surface area contributed by atoms with Gasteiger partial charge in [0.15, 0.2) is 0 Å². The standard InChI is InChI=1S/C53H37NS/c1-53(2)47-25-12-10-24-45(47)51-46(32-36-17-6-7-20-39(36)52(51)53)41-29-30-48(42-22-9-8-21-40(41)42)54(37-19-14-18-35(31-37)34-15-4-3-5-16-34)38-27-28-44-43-23-11-13-26-49(43)55-50(44)33-38/h3-33H,1-2H3. The summed E-state index contributed by atoms with van der Waals surface area (Å²) in [6.45, 7) is 4.79. The Morgan fingerprint density at radius 2 is 1.09 bits per heavy atom. The van der Waals surface area contributed by atoms with Crippen LogP contribution in [0.1, 0.15) is 25.0 Å². The molecule has 1 aliphatic rings. The van der Waals surface area contributed by atoms with E-state index in [0.717, 1.165) is 17.1 Å². The second-order valence-electron chi connectivity index (χ2n) is 15.3. The molecule has 260 valence electrons. The van der Waals surface area contributed by atoms with Gasteiger partial charge in [-0.3, -0.25) is 0 Å². The number of hydrogen-bond acceptors (Lipinski definition) is 2. The highest BCUT2D eigenvalue weighted by molar-refractivity contribution is 7.25. The van der Waals surface area contributed by atoms with Gasteiger partial charge in [0.05, 0.1) is 5.69 Å².